The second-order valence-corrected chi connectivity index (χ2v) is 6.36. The topological polar surface area (TPSA) is 73.8 Å². The molecule has 0 N–H and O–H groups in total. The Kier molecular flexibility index (Phi) is 4.61. The molecule has 1 aromatic heterocycles. The fraction of sp³-hybridized carbons (Fsp3) is 0.176. The van der Waals surface area contributed by atoms with Crippen molar-refractivity contribution < 1.29 is 4.92 Å². The zero-order chi connectivity index (χ0) is 17.1. The predicted molar refractivity (Wildman–Crippen MR) is 93.5 cm³/mol. The van der Waals surface area contributed by atoms with Crippen molar-refractivity contribution >= 4 is 17.4 Å². The molecule has 1 heterocycles. The molecule has 0 bridgehead atoms. The minimum Gasteiger partial charge on any atom is -0.274 e. The highest BCUT2D eigenvalue weighted by molar-refractivity contribution is 7.98. The van der Waals surface area contributed by atoms with Gasteiger partial charge in [-0.25, -0.2) is 0 Å². The van der Waals surface area contributed by atoms with Crippen LogP contribution in [0.3, 0.4) is 0 Å². The van der Waals surface area contributed by atoms with Crippen molar-refractivity contribution in [1.29, 1.82) is 0 Å². The second-order valence-electron chi connectivity index (χ2n) is 5.41. The van der Waals surface area contributed by atoms with Crippen LogP contribution in [0, 0.1) is 24.0 Å². The summed E-state index contributed by atoms with van der Waals surface area (Å²) < 4.78 is 2.01. The summed E-state index contributed by atoms with van der Waals surface area (Å²) >= 11 is 1.55. The molecule has 0 saturated carbocycles. The lowest BCUT2D eigenvalue weighted by Gasteiger charge is -2.08. The summed E-state index contributed by atoms with van der Waals surface area (Å²) in [6.07, 6.45) is 0. The van der Waals surface area contributed by atoms with Gasteiger partial charge in [0.25, 0.3) is 5.69 Å². The van der Waals surface area contributed by atoms with E-state index in [2.05, 4.69) is 22.3 Å². The molecule has 6 nitrogen and oxygen atoms in total. The Morgan fingerprint density at radius 3 is 2.33 bits per heavy atom. The maximum atomic E-state index is 10.7. The Balaban J connectivity index is 1.78. The van der Waals surface area contributed by atoms with Crippen LogP contribution in [0.15, 0.2) is 53.7 Å². The Hall–Kier alpha value is -2.67. The summed E-state index contributed by atoms with van der Waals surface area (Å²) in [7, 11) is 0. The highest BCUT2D eigenvalue weighted by atomic mass is 32.2. The minimum atomic E-state index is -0.395. The number of hydrogen-bond acceptors (Lipinski definition) is 5. The fourth-order valence-electron chi connectivity index (χ4n) is 2.29. The van der Waals surface area contributed by atoms with Crippen LogP contribution < -0.4 is 0 Å². The SMILES string of the molecule is Cc1ccc(-n2c(C)nnc2SCc2ccc([N+](=O)[O-])cc2)cc1. The van der Waals surface area contributed by atoms with Gasteiger partial charge in [-0.2, -0.15) is 0 Å². The van der Waals surface area contributed by atoms with Crippen molar-refractivity contribution in [3.05, 3.63) is 75.6 Å². The van der Waals surface area contributed by atoms with Gasteiger partial charge in [0, 0.05) is 23.6 Å². The van der Waals surface area contributed by atoms with E-state index in [4.69, 9.17) is 0 Å². The molecule has 7 heteroatoms. The molecule has 24 heavy (non-hydrogen) atoms. The van der Waals surface area contributed by atoms with Gasteiger partial charge in [0.1, 0.15) is 5.82 Å². The molecule has 0 fully saturated rings. The van der Waals surface area contributed by atoms with Crippen LogP contribution in [0.2, 0.25) is 0 Å². The molecule has 0 saturated heterocycles. The summed E-state index contributed by atoms with van der Waals surface area (Å²) in [5.74, 6) is 1.49. The Labute approximate surface area is 143 Å². The number of benzene rings is 2. The third-order valence-electron chi connectivity index (χ3n) is 3.60. The number of nitro benzene ring substituents is 1. The lowest BCUT2D eigenvalue weighted by Crippen LogP contribution is -1.99. The number of thioether (sulfide) groups is 1. The van der Waals surface area contributed by atoms with Crippen molar-refractivity contribution in [2.24, 2.45) is 0 Å². The zero-order valence-electron chi connectivity index (χ0n) is 13.3. The van der Waals surface area contributed by atoms with E-state index in [1.807, 2.05) is 30.5 Å². The summed E-state index contributed by atoms with van der Waals surface area (Å²) in [5, 5.41) is 19.9. The summed E-state index contributed by atoms with van der Waals surface area (Å²) in [6.45, 7) is 3.97. The standard InChI is InChI=1S/C17H16N4O2S/c1-12-3-7-15(8-4-12)20-13(2)18-19-17(20)24-11-14-5-9-16(10-6-14)21(22)23/h3-10H,11H2,1-2H3. The quantitative estimate of drug-likeness (QED) is 0.397. The zero-order valence-corrected chi connectivity index (χ0v) is 14.2. The summed E-state index contributed by atoms with van der Waals surface area (Å²) in [6, 6.07) is 14.8. The summed E-state index contributed by atoms with van der Waals surface area (Å²) in [5.41, 5.74) is 3.32. The largest absolute Gasteiger partial charge is 0.274 e. The summed E-state index contributed by atoms with van der Waals surface area (Å²) in [4.78, 5) is 10.3. The van der Waals surface area contributed by atoms with E-state index < -0.39 is 4.92 Å². The second kappa shape index (κ2) is 6.84. The molecule has 0 amide bonds. The van der Waals surface area contributed by atoms with Crippen LogP contribution in [-0.2, 0) is 5.75 Å². The van der Waals surface area contributed by atoms with Crippen LogP contribution >= 0.6 is 11.8 Å². The molecule has 0 atom stereocenters. The first-order chi connectivity index (χ1) is 11.5. The van der Waals surface area contributed by atoms with E-state index in [1.54, 1.807) is 23.9 Å². The average Bonchev–Trinajstić information content (AvgIpc) is 2.95. The van der Waals surface area contributed by atoms with Crippen LogP contribution in [-0.4, -0.2) is 19.7 Å². The molecule has 0 radical (unpaired) electrons. The number of aromatic nitrogens is 3. The van der Waals surface area contributed by atoms with Gasteiger partial charge in [0.15, 0.2) is 5.16 Å². The first-order valence-electron chi connectivity index (χ1n) is 7.40. The maximum Gasteiger partial charge on any atom is 0.269 e. The molecule has 0 aliphatic heterocycles. The third-order valence-corrected chi connectivity index (χ3v) is 4.60. The maximum absolute atomic E-state index is 10.7. The first-order valence-corrected chi connectivity index (χ1v) is 8.38. The average molecular weight is 340 g/mol. The van der Waals surface area contributed by atoms with E-state index >= 15 is 0 Å². The third kappa shape index (κ3) is 3.46. The van der Waals surface area contributed by atoms with Gasteiger partial charge in [-0.15, -0.1) is 10.2 Å². The number of hydrogen-bond donors (Lipinski definition) is 0. The Morgan fingerprint density at radius 2 is 1.71 bits per heavy atom. The molecular weight excluding hydrogens is 324 g/mol. The smallest absolute Gasteiger partial charge is 0.269 e. The van der Waals surface area contributed by atoms with Crippen molar-refractivity contribution in [2.45, 2.75) is 24.8 Å². The van der Waals surface area contributed by atoms with Gasteiger partial charge in [-0.1, -0.05) is 41.6 Å². The van der Waals surface area contributed by atoms with E-state index in [0.29, 0.717) is 5.75 Å². The molecule has 2 aromatic carbocycles. The number of nitro groups is 1. The number of rotatable bonds is 5. The van der Waals surface area contributed by atoms with Gasteiger partial charge in [0.05, 0.1) is 4.92 Å². The van der Waals surface area contributed by atoms with Crippen molar-refractivity contribution in [2.75, 3.05) is 0 Å². The highest BCUT2D eigenvalue weighted by Gasteiger charge is 2.12. The van der Waals surface area contributed by atoms with Crippen molar-refractivity contribution in [3.8, 4) is 5.69 Å². The molecule has 0 aliphatic rings. The van der Waals surface area contributed by atoms with E-state index in [-0.39, 0.29) is 5.69 Å². The number of nitrogens with zero attached hydrogens (tertiary/aromatic N) is 4. The molecule has 0 aliphatic carbocycles. The first kappa shape index (κ1) is 16.2. The molecule has 0 unspecified atom stereocenters. The highest BCUT2D eigenvalue weighted by Crippen LogP contribution is 2.26. The Morgan fingerprint density at radius 1 is 1.04 bits per heavy atom. The van der Waals surface area contributed by atoms with Crippen LogP contribution in [0.25, 0.3) is 5.69 Å². The number of non-ortho nitro benzene ring substituents is 1. The van der Waals surface area contributed by atoms with Gasteiger partial charge >= 0.3 is 0 Å². The molecule has 122 valence electrons. The number of aryl methyl sites for hydroxylation is 2. The van der Waals surface area contributed by atoms with Crippen LogP contribution in [0.5, 0.6) is 0 Å². The minimum absolute atomic E-state index is 0.0995. The molecule has 3 aromatic rings. The fourth-order valence-corrected chi connectivity index (χ4v) is 3.24. The van der Waals surface area contributed by atoms with Crippen LogP contribution in [0.1, 0.15) is 17.0 Å². The predicted octanol–water partition coefficient (Wildman–Crippen LogP) is 4.08. The van der Waals surface area contributed by atoms with Crippen molar-refractivity contribution in [1.82, 2.24) is 14.8 Å². The van der Waals surface area contributed by atoms with Gasteiger partial charge in [0.2, 0.25) is 0 Å². The lowest BCUT2D eigenvalue weighted by molar-refractivity contribution is -0.384. The Bertz CT molecular complexity index is 857. The van der Waals surface area contributed by atoms with Crippen LogP contribution in [0.4, 0.5) is 5.69 Å². The van der Waals surface area contributed by atoms with Crippen molar-refractivity contribution in [3.63, 3.8) is 0 Å². The van der Waals surface area contributed by atoms with Gasteiger partial charge in [-0.3, -0.25) is 14.7 Å². The van der Waals surface area contributed by atoms with E-state index in [1.165, 1.54) is 17.7 Å². The monoisotopic (exact) mass is 340 g/mol. The van der Waals surface area contributed by atoms with Gasteiger partial charge in [-0.05, 0) is 31.5 Å². The van der Waals surface area contributed by atoms with E-state index in [9.17, 15) is 10.1 Å². The van der Waals surface area contributed by atoms with Gasteiger partial charge < -0.3 is 0 Å². The molecular formula is C17H16N4O2S. The van der Waals surface area contributed by atoms with E-state index in [0.717, 1.165) is 22.2 Å². The normalized spacial score (nSPS) is 10.8. The molecule has 0 spiro atoms. The lowest BCUT2D eigenvalue weighted by atomic mass is 10.2. The molecule has 3 rings (SSSR count).